The van der Waals surface area contributed by atoms with Crippen molar-refractivity contribution in [3.05, 3.63) is 59.3 Å². The molecule has 0 unspecified atom stereocenters. The summed E-state index contributed by atoms with van der Waals surface area (Å²) in [6.45, 7) is 2.27. The molecule has 2 aromatic rings. The van der Waals surface area contributed by atoms with Crippen LogP contribution in [0.5, 0.6) is 0 Å². The molecule has 1 aromatic carbocycles. The third-order valence-electron chi connectivity index (χ3n) is 5.17. The molecule has 1 aliphatic heterocycles. The minimum atomic E-state index is -5.08. The average Bonchev–Trinajstić information content (AvgIpc) is 3.12. The number of nitriles is 1. The molecular formula is C23H22F6N6O4. The van der Waals surface area contributed by atoms with Gasteiger partial charge < -0.3 is 10.0 Å². The van der Waals surface area contributed by atoms with Crippen molar-refractivity contribution >= 4 is 23.6 Å². The zero-order valence-corrected chi connectivity index (χ0v) is 20.0. The molecule has 0 radical (unpaired) electrons. The first-order valence-corrected chi connectivity index (χ1v) is 11.1. The van der Waals surface area contributed by atoms with E-state index in [1.807, 2.05) is 15.9 Å². The molecule has 0 saturated carbocycles. The van der Waals surface area contributed by atoms with Crippen molar-refractivity contribution in [3.8, 4) is 6.07 Å². The van der Waals surface area contributed by atoms with Gasteiger partial charge in [0.05, 0.1) is 23.7 Å². The highest BCUT2D eigenvalue weighted by Crippen LogP contribution is 2.29. The van der Waals surface area contributed by atoms with Crippen molar-refractivity contribution in [1.29, 1.82) is 5.26 Å². The van der Waals surface area contributed by atoms with Crippen LogP contribution in [0, 0.1) is 11.3 Å². The van der Waals surface area contributed by atoms with E-state index in [4.69, 9.17) is 15.2 Å². The molecule has 1 aliphatic rings. The van der Waals surface area contributed by atoms with E-state index in [2.05, 4.69) is 15.8 Å². The van der Waals surface area contributed by atoms with Crippen LogP contribution in [0.2, 0.25) is 0 Å². The second kappa shape index (κ2) is 13.4. The van der Waals surface area contributed by atoms with Crippen LogP contribution in [-0.4, -0.2) is 71.7 Å². The Morgan fingerprint density at radius 2 is 1.69 bits per heavy atom. The number of carboxylic acid groups (broad SMARTS) is 1. The van der Waals surface area contributed by atoms with Gasteiger partial charge >= 0.3 is 18.3 Å². The normalized spacial score (nSPS) is 14.2. The summed E-state index contributed by atoms with van der Waals surface area (Å²) in [5.41, 5.74) is 4.46. The molecule has 10 nitrogen and oxygen atoms in total. The number of aromatic nitrogens is 1. The van der Waals surface area contributed by atoms with Crippen molar-refractivity contribution in [2.24, 2.45) is 0 Å². The van der Waals surface area contributed by atoms with Crippen LogP contribution < -0.4 is 15.8 Å². The third kappa shape index (κ3) is 10.1. The van der Waals surface area contributed by atoms with Crippen molar-refractivity contribution < 1.29 is 45.8 Å². The first kappa shape index (κ1) is 30.8. The van der Waals surface area contributed by atoms with Crippen molar-refractivity contribution in [1.82, 2.24) is 20.7 Å². The Morgan fingerprint density at radius 3 is 2.26 bits per heavy atom. The quantitative estimate of drug-likeness (QED) is 0.383. The van der Waals surface area contributed by atoms with Gasteiger partial charge in [0, 0.05) is 37.9 Å². The van der Waals surface area contributed by atoms with Gasteiger partial charge in [0.2, 0.25) is 0 Å². The summed E-state index contributed by atoms with van der Waals surface area (Å²) in [5, 5.41) is 16.0. The number of hydrogen-bond acceptors (Lipinski definition) is 7. The fourth-order valence-corrected chi connectivity index (χ4v) is 3.27. The lowest BCUT2D eigenvalue weighted by Gasteiger charge is -2.22. The van der Waals surface area contributed by atoms with Gasteiger partial charge in [-0.2, -0.15) is 31.6 Å². The summed E-state index contributed by atoms with van der Waals surface area (Å²) in [4.78, 5) is 40.9. The van der Waals surface area contributed by atoms with E-state index in [0.29, 0.717) is 44.0 Å². The number of benzene rings is 1. The van der Waals surface area contributed by atoms with E-state index in [9.17, 15) is 35.9 Å². The SMILES string of the molecule is N#Cc1cccc(C(=O)NNC(=O)CN2CCCN(c3ccc(C(F)(F)F)cn3)CC2)c1.O=C(O)C(F)(F)F. The van der Waals surface area contributed by atoms with Crippen LogP contribution >= 0.6 is 0 Å². The Morgan fingerprint density at radius 1 is 1.00 bits per heavy atom. The predicted molar refractivity (Wildman–Crippen MR) is 123 cm³/mol. The summed E-state index contributed by atoms with van der Waals surface area (Å²) in [5.74, 6) is -3.24. The number of carbonyl (C=O) groups is 3. The lowest BCUT2D eigenvalue weighted by Crippen LogP contribution is -2.47. The minimum absolute atomic E-state index is 0.0484. The molecule has 0 spiro atoms. The monoisotopic (exact) mass is 560 g/mol. The molecule has 0 bridgehead atoms. The van der Waals surface area contributed by atoms with Gasteiger partial charge in [-0.05, 0) is 36.8 Å². The van der Waals surface area contributed by atoms with Gasteiger partial charge in [0.15, 0.2) is 0 Å². The van der Waals surface area contributed by atoms with E-state index in [1.54, 1.807) is 12.1 Å². The number of alkyl halides is 6. The Labute approximate surface area is 217 Å². The summed E-state index contributed by atoms with van der Waals surface area (Å²) in [6.07, 6.45) is -7.99. The fraction of sp³-hybridized carbons (Fsp3) is 0.348. The second-order valence-electron chi connectivity index (χ2n) is 8.02. The third-order valence-corrected chi connectivity index (χ3v) is 5.17. The zero-order valence-electron chi connectivity index (χ0n) is 20.0. The van der Waals surface area contributed by atoms with Gasteiger partial charge in [-0.1, -0.05) is 6.07 Å². The molecule has 1 aromatic heterocycles. The van der Waals surface area contributed by atoms with E-state index >= 15 is 0 Å². The summed E-state index contributed by atoms with van der Waals surface area (Å²) < 4.78 is 69.9. The smallest absolute Gasteiger partial charge is 0.475 e. The van der Waals surface area contributed by atoms with Crippen LogP contribution in [-0.2, 0) is 15.8 Å². The van der Waals surface area contributed by atoms with Gasteiger partial charge in [0.25, 0.3) is 11.8 Å². The van der Waals surface area contributed by atoms with Crippen LogP contribution in [0.25, 0.3) is 0 Å². The lowest BCUT2D eigenvalue weighted by molar-refractivity contribution is -0.192. The Hall–Kier alpha value is -4.39. The number of rotatable bonds is 4. The average molecular weight is 560 g/mol. The summed E-state index contributed by atoms with van der Waals surface area (Å²) in [6, 6.07) is 10.4. The number of halogens is 6. The molecule has 210 valence electrons. The minimum Gasteiger partial charge on any atom is -0.475 e. The van der Waals surface area contributed by atoms with Gasteiger partial charge in [-0.15, -0.1) is 0 Å². The standard InChI is InChI=1S/C21H21F3N6O2.C2HF3O2/c22-21(23,24)17-5-6-18(26-13-17)30-8-2-7-29(9-10-30)14-19(31)27-28-20(32)16-4-1-3-15(11-16)12-25;3-2(4,5)1(6)7/h1,3-6,11,13H,2,7-10,14H2,(H,27,31)(H,28,32);(H,6,7). The number of amides is 2. The maximum Gasteiger partial charge on any atom is 0.490 e. The first-order chi connectivity index (χ1) is 18.2. The number of nitrogens with zero attached hydrogens (tertiary/aromatic N) is 4. The highest BCUT2D eigenvalue weighted by molar-refractivity contribution is 5.95. The molecule has 1 saturated heterocycles. The maximum absolute atomic E-state index is 12.7. The van der Waals surface area contributed by atoms with Crippen molar-refractivity contribution in [2.75, 3.05) is 37.6 Å². The first-order valence-electron chi connectivity index (χ1n) is 11.1. The second-order valence-corrected chi connectivity index (χ2v) is 8.02. The number of aliphatic carboxylic acids is 1. The summed E-state index contributed by atoms with van der Waals surface area (Å²) >= 11 is 0. The molecule has 1 fully saturated rings. The highest BCUT2D eigenvalue weighted by atomic mass is 19.4. The highest BCUT2D eigenvalue weighted by Gasteiger charge is 2.38. The number of carboxylic acids is 1. The van der Waals surface area contributed by atoms with Crippen molar-refractivity contribution in [2.45, 2.75) is 18.8 Å². The number of pyridine rings is 1. The van der Waals surface area contributed by atoms with E-state index < -0.39 is 35.7 Å². The van der Waals surface area contributed by atoms with Gasteiger partial charge in [-0.25, -0.2) is 9.78 Å². The Kier molecular flexibility index (Phi) is 10.6. The molecule has 16 heteroatoms. The van der Waals surface area contributed by atoms with Crippen LogP contribution in [0.15, 0.2) is 42.6 Å². The van der Waals surface area contributed by atoms with E-state index in [0.717, 1.165) is 12.3 Å². The van der Waals surface area contributed by atoms with Crippen molar-refractivity contribution in [3.63, 3.8) is 0 Å². The fourth-order valence-electron chi connectivity index (χ4n) is 3.27. The maximum atomic E-state index is 12.7. The number of nitrogens with one attached hydrogen (secondary N) is 2. The predicted octanol–water partition coefficient (Wildman–Crippen LogP) is 2.58. The number of hydrogen-bond donors (Lipinski definition) is 3. The molecule has 0 aliphatic carbocycles. The molecular weight excluding hydrogens is 538 g/mol. The molecule has 3 N–H and O–H groups in total. The topological polar surface area (TPSA) is 139 Å². The Balaban J connectivity index is 0.000000673. The molecule has 3 rings (SSSR count). The van der Waals surface area contributed by atoms with Crippen LogP contribution in [0.3, 0.4) is 0 Å². The number of anilines is 1. The summed E-state index contributed by atoms with van der Waals surface area (Å²) in [7, 11) is 0. The molecule has 2 heterocycles. The van der Waals surface area contributed by atoms with Crippen LogP contribution in [0.1, 0.15) is 27.9 Å². The number of carbonyl (C=O) groups excluding carboxylic acids is 2. The zero-order chi connectivity index (χ0) is 29.2. The van der Waals surface area contributed by atoms with Crippen LogP contribution in [0.4, 0.5) is 32.2 Å². The van der Waals surface area contributed by atoms with Gasteiger partial charge in [0.1, 0.15) is 5.82 Å². The largest absolute Gasteiger partial charge is 0.490 e. The number of hydrazine groups is 1. The Bertz CT molecular complexity index is 1200. The molecule has 0 atom stereocenters. The van der Waals surface area contributed by atoms with Gasteiger partial charge in [-0.3, -0.25) is 25.3 Å². The molecule has 2 amide bonds. The van der Waals surface area contributed by atoms with E-state index in [1.165, 1.54) is 18.2 Å². The molecule has 39 heavy (non-hydrogen) atoms. The lowest BCUT2D eigenvalue weighted by atomic mass is 10.1. The van der Waals surface area contributed by atoms with E-state index in [-0.39, 0.29) is 12.1 Å².